The van der Waals surface area contributed by atoms with E-state index in [4.69, 9.17) is 5.73 Å². The number of rotatable bonds is 3. The van der Waals surface area contributed by atoms with Crippen LogP contribution in [0.5, 0.6) is 0 Å². The molecule has 0 spiro atoms. The lowest BCUT2D eigenvalue weighted by Crippen LogP contribution is -2.41. The number of nitrogens with zero attached hydrogens (tertiary/aromatic N) is 1. The molecule has 1 aromatic heterocycles. The predicted molar refractivity (Wildman–Crippen MR) is 80.9 cm³/mol. The molecule has 0 aliphatic carbocycles. The van der Waals surface area contributed by atoms with E-state index >= 15 is 0 Å². The summed E-state index contributed by atoms with van der Waals surface area (Å²) in [6.45, 7) is 5.58. The average molecular weight is 340 g/mol. The lowest BCUT2D eigenvalue weighted by atomic mass is 9.92. The molecule has 17 heavy (non-hydrogen) atoms. The van der Waals surface area contributed by atoms with Crippen LogP contribution in [0.3, 0.4) is 0 Å². The third-order valence-electron chi connectivity index (χ3n) is 3.34. The van der Waals surface area contributed by atoms with Crippen molar-refractivity contribution in [2.75, 3.05) is 13.1 Å². The fourth-order valence-corrected chi connectivity index (χ4v) is 3.82. The number of hydrogen-bond acceptors (Lipinski definition) is 3. The standard InChI is InChI=1S/C12H19BrN2S.ClH/c1-9(14)10-3-2-5-15(7-10)8-12-11(13)4-6-16-12;/h4,6,9-10H,2-3,5,7-8,14H2,1H3;1H. The van der Waals surface area contributed by atoms with Crippen LogP contribution in [0.4, 0.5) is 0 Å². The van der Waals surface area contributed by atoms with Gasteiger partial charge in [-0.2, -0.15) is 0 Å². The van der Waals surface area contributed by atoms with Gasteiger partial charge in [-0.1, -0.05) is 0 Å². The van der Waals surface area contributed by atoms with Crippen molar-refractivity contribution in [1.29, 1.82) is 0 Å². The molecule has 2 nitrogen and oxygen atoms in total. The number of piperidine rings is 1. The molecule has 0 amide bonds. The van der Waals surface area contributed by atoms with Gasteiger partial charge in [0.05, 0.1) is 0 Å². The summed E-state index contributed by atoms with van der Waals surface area (Å²) in [5.41, 5.74) is 6.00. The average Bonchev–Trinajstić information content (AvgIpc) is 2.65. The SMILES string of the molecule is CC(N)C1CCCN(Cc2sccc2Br)C1.Cl. The number of likely N-dealkylation sites (tertiary alicyclic amines) is 1. The van der Waals surface area contributed by atoms with Crippen molar-refractivity contribution in [3.05, 3.63) is 20.8 Å². The molecular formula is C12H20BrClN2S. The van der Waals surface area contributed by atoms with E-state index in [0.29, 0.717) is 12.0 Å². The van der Waals surface area contributed by atoms with Gasteiger partial charge in [0, 0.05) is 28.5 Å². The summed E-state index contributed by atoms with van der Waals surface area (Å²) >= 11 is 5.43. The van der Waals surface area contributed by atoms with E-state index in [-0.39, 0.29) is 12.4 Å². The van der Waals surface area contributed by atoms with E-state index in [1.54, 1.807) is 0 Å². The minimum absolute atomic E-state index is 0. The van der Waals surface area contributed by atoms with Gasteiger partial charge >= 0.3 is 0 Å². The molecule has 2 heterocycles. The molecule has 2 unspecified atom stereocenters. The van der Waals surface area contributed by atoms with Gasteiger partial charge in [0.1, 0.15) is 0 Å². The quantitative estimate of drug-likeness (QED) is 0.913. The first kappa shape index (κ1) is 15.4. The summed E-state index contributed by atoms with van der Waals surface area (Å²) in [5.74, 6) is 0.674. The molecule has 2 N–H and O–H groups in total. The van der Waals surface area contributed by atoms with Crippen LogP contribution in [0.25, 0.3) is 0 Å². The zero-order valence-electron chi connectivity index (χ0n) is 10.1. The van der Waals surface area contributed by atoms with Crippen LogP contribution < -0.4 is 5.73 Å². The molecule has 1 aliphatic rings. The van der Waals surface area contributed by atoms with Gasteiger partial charge in [0.15, 0.2) is 0 Å². The van der Waals surface area contributed by atoms with E-state index in [9.17, 15) is 0 Å². The van der Waals surface area contributed by atoms with Gasteiger partial charge in [0.2, 0.25) is 0 Å². The first-order chi connectivity index (χ1) is 7.66. The lowest BCUT2D eigenvalue weighted by Gasteiger charge is -2.34. The molecule has 0 bridgehead atoms. The fraction of sp³-hybridized carbons (Fsp3) is 0.667. The molecule has 1 fully saturated rings. The normalized spacial score (nSPS) is 23.1. The largest absolute Gasteiger partial charge is 0.328 e. The van der Waals surface area contributed by atoms with E-state index in [0.717, 1.165) is 13.1 Å². The Kier molecular flexibility index (Phi) is 6.45. The topological polar surface area (TPSA) is 29.3 Å². The maximum atomic E-state index is 6.00. The molecular weight excluding hydrogens is 320 g/mol. The predicted octanol–water partition coefficient (Wildman–Crippen LogP) is 3.49. The van der Waals surface area contributed by atoms with Crippen molar-refractivity contribution in [3.63, 3.8) is 0 Å². The Morgan fingerprint density at radius 2 is 2.41 bits per heavy atom. The van der Waals surface area contributed by atoms with Gasteiger partial charge in [-0.05, 0) is 59.6 Å². The van der Waals surface area contributed by atoms with E-state index in [2.05, 4.69) is 39.2 Å². The Morgan fingerprint density at radius 3 is 3.00 bits per heavy atom. The van der Waals surface area contributed by atoms with Crippen LogP contribution in [-0.2, 0) is 6.54 Å². The van der Waals surface area contributed by atoms with Crippen molar-refractivity contribution >= 4 is 39.7 Å². The molecule has 1 aliphatic heterocycles. The highest BCUT2D eigenvalue weighted by Crippen LogP contribution is 2.27. The molecule has 0 radical (unpaired) electrons. The third kappa shape index (κ3) is 4.21. The van der Waals surface area contributed by atoms with Gasteiger partial charge in [-0.15, -0.1) is 23.7 Å². The fourth-order valence-electron chi connectivity index (χ4n) is 2.31. The maximum absolute atomic E-state index is 6.00. The third-order valence-corrected chi connectivity index (χ3v) is 5.25. The van der Waals surface area contributed by atoms with Crippen molar-refractivity contribution in [3.8, 4) is 0 Å². The summed E-state index contributed by atoms with van der Waals surface area (Å²) in [6.07, 6.45) is 2.58. The summed E-state index contributed by atoms with van der Waals surface area (Å²) < 4.78 is 1.25. The second-order valence-corrected chi connectivity index (χ2v) is 6.54. The summed E-state index contributed by atoms with van der Waals surface area (Å²) in [4.78, 5) is 3.97. The van der Waals surface area contributed by atoms with E-state index in [1.807, 2.05) is 11.3 Å². The molecule has 2 rings (SSSR count). The smallest absolute Gasteiger partial charge is 0.0339 e. The summed E-state index contributed by atoms with van der Waals surface area (Å²) in [6, 6.07) is 2.46. The van der Waals surface area contributed by atoms with Crippen molar-refractivity contribution < 1.29 is 0 Å². The van der Waals surface area contributed by atoms with Crippen molar-refractivity contribution in [1.82, 2.24) is 4.90 Å². The second kappa shape index (κ2) is 7.10. The number of thiophene rings is 1. The van der Waals surface area contributed by atoms with Gasteiger partial charge in [-0.3, -0.25) is 4.90 Å². The minimum atomic E-state index is 0. The Labute approximate surface area is 122 Å². The highest BCUT2D eigenvalue weighted by Gasteiger charge is 2.23. The lowest BCUT2D eigenvalue weighted by molar-refractivity contribution is 0.155. The highest BCUT2D eigenvalue weighted by molar-refractivity contribution is 9.10. The maximum Gasteiger partial charge on any atom is 0.0339 e. The monoisotopic (exact) mass is 338 g/mol. The Hall–Kier alpha value is 0.390. The van der Waals surface area contributed by atoms with Crippen LogP contribution in [0.2, 0.25) is 0 Å². The van der Waals surface area contributed by atoms with Gasteiger partial charge in [0.25, 0.3) is 0 Å². The minimum Gasteiger partial charge on any atom is -0.328 e. The van der Waals surface area contributed by atoms with Crippen LogP contribution >= 0.6 is 39.7 Å². The molecule has 98 valence electrons. The molecule has 1 saturated heterocycles. The molecule has 2 atom stereocenters. The van der Waals surface area contributed by atoms with Crippen LogP contribution in [0.15, 0.2) is 15.9 Å². The zero-order valence-corrected chi connectivity index (χ0v) is 13.3. The molecule has 5 heteroatoms. The first-order valence-corrected chi connectivity index (χ1v) is 7.54. The van der Waals surface area contributed by atoms with Crippen LogP contribution in [-0.4, -0.2) is 24.0 Å². The molecule has 0 saturated carbocycles. The molecule has 1 aromatic rings. The van der Waals surface area contributed by atoms with E-state index in [1.165, 1.54) is 28.7 Å². The number of nitrogens with two attached hydrogens (primary N) is 1. The van der Waals surface area contributed by atoms with Crippen LogP contribution in [0, 0.1) is 5.92 Å². The van der Waals surface area contributed by atoms with Crippen molar-refractivity contribution in [2.45, 2.75) is 32.4 Å². The summed E-state index contributed by atoms with van der Waals surface area (Å²) in [5, 5.41) is 2.15. The van der Waals surface area contributed by atoms with E-state index < -0.39 is 0 Å². The Bertz CT molecular complexity index is 343. The number of hydrogen-bond donors (Lipinski definition) is 1. The van der Waals surface area contributed by atoms with Crippen molar-refractivity contribution in [2.24, 2.45) is 11.7 Å². The first-order valence-electron chi connectivity index (χ1n) is 5.86. The Balaban J connectivity index is 0.00000144. The molecule has 0 aromatic carbocycles. The summed E-state index contributed by atoms with van der Waals surface area (Å²) in [7, 11) is 0. The van der Waals surface area contributed by atoms with Gasteiger partial charge < -0.3 is 5.73 Å². The number of halogens is 2. The van der Waals surface area contributed by atoms with Gasteiger partial charge in [-0.25, -0.2) is 0 Å². The zero-order chi connectivity index (χ0) is 11.5. The second-order valence-electron chi connectivity index (χ2n) is 4.69. The highest BCUT2D eigenvalue weighted by atomic mass is 79.9. The van der Waals surface area contributed by atoms with Crippen LogP contribution in [0.1, 0.15) is 24.6 Å². The Morgan fingerprint density at radius 1 is 1.65 bits per heavy atom.